The maximum Gasteiger partial charge on any atom is 0.357 e. The number of nitrogens with two attached hydrogens (primary N) is 1. The third-order valence-corrected chi connectivity index (χ3v) is 3.57. The molecule has 3 N–H and O–H groups in total. The first-order valence-corrected chi connectivity index (χ1v) is 6.05. The molecule has 0 spiro atoms. The lowest BCUT2D eigenvalue weighted by molar-refractivity contribution is 0.0692. The van der Waals surface area contributed by atoms with E-state index in [0.29, 0.717) is 4.47 Å². The number of carbonyl (C=O) groups is 1. The van der Waals surface area contributed by atoms with Crippen molar-refractivity contribution in [2.24, 2.45) is 0 Å². The average molecular weight is 317 g/mol. The Hall–Kier alpha value is -1.47. The van der Waals surface area contributed by atoms with Crippen molar-refractivity contribution >= 4 is 38.2 Å². The van der Waals surface area contributed by atoms with Crippen molar-refractivity contribution in [1.29, 1.82) is 0 Å². The van der Waals surface area contributed by atoms with Gasteiger partial charge in [-0.1, -0.05) is 17.4 Å². The lowest BCUT2D eigenvalue weighted by Gasteiger charge is -1.99. The van der Waals surface area contributed by atoms with Gasteiger partial charge in [0.2, 0.25) is 0 Å². The van der Waals surface area contributed by atoms with E-state index in [2.05, 4.69) is 20.9 Å². The van der Waals surface area contributed by atoms with Crippen molar-refractivity contribution in [3.63, 3.8) is 0 Å². The summed E-state index contributed by atoms with van der Waals surface area (Å²) < 4.78 is 14.1. The van der Waals surface area contributed by atoms with Crippen LogP contribution in [0.3, 0.4) is 0 Å². The number of aromatic nitrogens is 1. The summed E-state index contributed by atoms with van der Waals surface area (Å²) in [5.41, 5.74) is 5.49. The molecule has 0 saturated carbocycles. The van der Waals surface area contributed by atoms with Crippen LogP contribution in [0.15, 0.2) is 22.7 Å². The van der Waals surface area contributed by atoms with E-state index in [0.717, 1.165) is 11.3 Å². The summed E-state index contributed by atoms with van der Waals surface area (Å²) >= 11 is 4.00. The predicted octanol–water partition coefficient (Wildman–Crippen LogP) is 2.99. The van der Waals surface area contributed by atoms with Crippen molar-refractivity contribution in [2.45, 2.75) is 0 Å². The number of carboxylic acid groups (broad SMARTS) is 1. The highest BCUT2D eigenvalue weighted by Gasteiger charge is 2.18. The average Bonchev–Trinajstić information content (AvgIpc) is 2.64. The number of carboxylic acids is 1. The van der Waals surface area contributed by atoms with Crippen LogP contribution in [0, 0.1) is 5.82 Å². The minimum absolute atomic E-state index is 0.0619. The van der Waals surface area contributed by atoms with E-state index < -0.39 is 11.8 Å². The van der Waals surface area contributed by atoms with Crippen molar-refractivity contribution in [3.05, 3.63) is 34.2 Å². The number of thiazole rings is 1. The summed E-state index contributed by atoms with van der Waals surface area (Å²) in [5, 5.41) is 9.12. The lowest BCUT2D eigenvalue weighted by atomic mass is 10.2. The molecule has 1 aromatic heterocycles. The van der Waals surface area contributed by atoms with Gasteiger partial charge >= 0.3 is 5.97 Å². The zero-order valence-electron chi connectivity index (χ0n) is 8.28. The highest BCUT2D eigenvalue weighted by molar-refractivity contribution is 9.10. The Labute approximate surface area is 108 Å². The molecule has 0 unspecified atom stereocenters. The normalized spacial score (nSPS) is 10.5. The number of hydrogen-bond donors (Lipinski definition) is 2. The first kappa shape index (κ1) is 12.0. The Morgan fingerprint density at radius 3 is 2.82 bits per heavy atom. The van der Waals surface area contributed by atoms with Gasteiger partial charge in [0.25, 0.3) is 0 Å². The van der Waals surface area contributed by atoms with Crippen molar-refractivity contribution in [2.75, 3.05) is 5.73 Å². The van der Waals surface area contributed by atoms with E-state index in [-0.39, 0.29) is 21.3 Å². The minimum atomic E-state index is -1.22. The smallest absolute Gasteiger partial charge is 0.357 e. The summed E-state index contributed by atoms with van der Waals surface area (Å²) in [4.78, 5) is 14.6. The van der Waals surface area contributed by atoms with Gasteiger partial charge in [-0.15, -0.1) is 0 Å². The number of hydrogen-bond acceptors (Lipinski definition) is 4. The molecule has 2 rings (SSSR count). The number of rotatable bonds is 2. The summed E-state index contributed by atoms with van der Waals surface area (Å²) in [6, 6.07) is 4.71. The second-order valence-electron chi connectivity index (χ2n) is 3.14. The highest BCUT2D eigenvalue weighted by atomic mass is 79.9. The lowest BCUT2D eigenvalue weighted by Crippen LogP contribution is -2.00. The van der Waals surface area contributed by atoms with Crippen LogP contribution >= 0.6 is 27.3 Å². The second kappa shape index (κ2) is 4.42. The Morgan fingerprint density at radius 2 is 2.24 bits per heavy atom. The number of anilines is 1. The van der Waals surface area contributed by atoms with Crippen LogP contribution in [0.1, 0.15) is 10.5 Å². The number of nitrogens with zero attached hydrogens (tertiary/aromatic N) is 1. The molecule has 88 valence electrons. The second-order valence-corrected chi connectivity index (χ2v) is 5.02. The quantitative estimate of drug-likeness (QED) is 0.893. The van der Waals surface area contributed by atoms with Gasteiger partial charge in [0.15, 0.2) is 5.69 Å². The predicted molar refractivity (Wildman–Crippen MR) is 66.6 cm³/mol. The van der Waals surface area contributed by atoms with Gasteiger partial charge in [-0.25, -0.2) is 14.2 Å². The van der Waals surface area contributed by atoms with E-state index in [1.807, 2.05) is 0 Å². The Balaban J connectivity index is 2.58. The third-order valence-electron chi connectivity index (χ3n) is 2.04. The first-order chi connectivity index (χ1) is 8.00. The molecule has 0 saturated heterocycles. The standard InChI is InChI=1S/C10H6BrFN2O2S/c11-5-3-1-2-4(6(5)12)9-14-7(10(15)16)8(13)17-9/h1-3H,13H2,(H,15,16). The summed E-state index contributed by atoms with van der Waals surface area (Å²) in [5.74, 6) is -1.71. The molecule has 0 amide bonds. The van der Waals surface area contributed by atoms with Gasteiger partial charge in [-0.05, 0) is 28.1 Å². The molecule has 2 aromatic rings. The van der Waals surface area contributed by atoms with Crippen molar-refractivity contribution in [3.8, 4) is 10.6 Å². The largest absolute Gasteiger partial charge is 0.476 e. The summed E-state index contributed by atoms with van der Waals surface area (Å²) in [6.45, 7) is 0. The molecule has 0 aliphatic rings. The van der Waals surface area contributed by atoms with E-state index in [1.165, 1.54) is 6.07 Å². The maximum atomic E-state index is 13.8. The third kappa shape index (κ3) is 2.16. The van der Waals surface area contributed by atoms with E-state index in [9.17, 15) is 9.18 Å². The Kier molecular flexibility index (Phi) is 3.12. The molecule has 0 radical (unpaired) electrons. The number of aromatic carboxylic acids is 1. The molecule has 0 fully saturated rings. The monoisotopic (exact) mass is 316 g/mol. The fourth-order valence-corrected chi connectivity index (χ4v) is 2.48. The molecule has 0 atom stereocenters. The van der Waals surface area contributed by atoms with E-state index in [4.69, 9.17) is 10.8 Å². The molecular weight excluding hydrogens is 311 g/mol. The Bertz CT molecular complexity index is 600. The van der Waals surface area contributed by atoms with Gasteiger partial charge in [-0.3, -0.25) is 0 Å². The van der Waals surface area contributed by atoms with Gasteiger partial charge in [0.1, 0.15) is 15.8 Å². The molecular formula is C10H6BrFN2O2S. The molecule has 7 heteroatoms. The fourth-order valence-electron chi connectivity index (χ4n) is 1.27. The zero-order chi connectivity index (χ0) is 12.6. The number of halogens is 2. The van der Waals surface area contributed by atoms with Crippen molar-refractivity contribution in [1.82, 2.24) is 4.98 Å². The van der Waals surface area contributed by atoms with Crippen LogP contribution in [0.5, 0.6) is 0 Å². The number of benzene rings is 1. The van der Waals surface area contributed by atoms with Crippen molar-refractivity contribution < 1.29 is 14.3 Å². The SMILES string of the molecule is Nc1sc(-c2cccc(Br)c2F)nc1C(=O)O. The number of nitrogen functional groups attached to an aromatic ring is 1. The Morgan fingerprint density at radius 1 is 1.53 bits per heavy atom. The molecule has 17 heavy (non-hydrogen) atoms. The molecule has 0 bridgehead atoms. The van der Waals surface area contributed by atoms with E-state index >= 15 is 0 Å². The molecule has 1 aromatic carbocycles. The van der Waals surface area contributed by atoms with Gasteiger partial charge in [-0.2, -0.15) is 0 Å². The van der Waals surface area contributed by atoms with Crippen LogP contribution in [-0.4, -0.2) is 16.1 Å². The maximum absolute atomic E-state index is 13.8. The van der Waals surface area contributed by atoms with Gasteiger partial charge in [0, 0.05) is 5.56 Å². The molecule has 0 aliphatic heterocycles. The highest BCUT2D eigenvalue weighted by Crippen LogP contribution is 2.33. The minimum Gasteiger partial charge on any atom is -0.476 e. The summed E-state index contributed by atoms with van der Waals surface area (Å²) in [7, 11) is 0. The van der Waals surface area contributed by atoms with Crippen LogP contribution in [0.2, 0.25) is 0 Å². The van der Waals surface area contributed by atoms with Crippen LogP contribution in [-0.2, 0) is 0 Å². The zero-order valence-corrected chi connectivity index (χ0v) is 10.7. The molecule has 1 heterocycles. The molecule has 4 nitrogen and oxygen atoms in total. The summed E-state index contributed by atoms with van der Waals surface area (Å²) in [6.07, 6.45) is 0. The van der Waals surface area contributed by atoms with E-state index in [1.54, 1.807) is 12.1 Å². The molecule has 0 aliphatic carbocycles. The van der Waals surface area contributed by atoms with Crippen LogP contribution in [0.25, 0.3) is 10.6 Å². The van der Waals surface area contributed by atoms with Crippen LogP contribution in [0.4, 0.5) is 9.39 Å². The van der Waals surface area contributed by atoms with Crippen LogP contribution < -0.4 is 5.73 Å². The topological polar surface area (TPSA) is 76.2 Å². The first-order valence-electron chi connectivity index (χ1n) is 4.44. The fraction of sp³-hybridized carbons (Fsp3) is 0. The van der Waals surface area contributed by atoms with Gasteiger partial charge < -0.3 is 10.8 Å². The van der Waals surface area contributed by atoms with Gasteiger partial charge in [0.05, 0.1) is 4.47 Å².